The fourth-order valence-electron chi connectivity index (χ4n) is 2.96. The van der Waals surface area contributed by atoms with Gasteiger partial charge >= 0.3 is 6.09 Å². The van der Waals surface area contributed by atoms with Gasteiger partial charge in [-0.25, -0.2) is 4.79 Å². The highest BCUT2D eigenvalue weighted by molar-refractivity contribution is 5.68. The summed E-state index contributed by atoms with van der Waals surface area (Å²) in [7, 11) is 0. The monoisotopic (exact) mass is 314 g/mol. The Morgan fingerprint density at radius 3 is 2.55 bits per heavy atom. The van der Waals surface area contributed by atoms with E-state index in [4.69, 9.17) is 14.2 Å². The Balaban J connectivity index is 1.85. The number of hydrogen-bond acceptors (Lipinski definition) is 5. The largest absolute Gasteiger partial charge is 0.444 e. The molecule has 1 aliphatic carbocycles. The van der Waals surface area contributed by atoms with E-state index in [0.29, 0.717) is 12.6 Å². The maximum Gasteiger partial charge on any atom is 0.407 e. The van der Waals surface area contributed by atoms with Crippen LogP contribution in [0, 0.1) is 0 Å². The molecule has 1 aliphatic heterocycles. The summed E-state index contributed by atoms with van der Waals surface area (Å²) < 4.78 is 16.5. The Morgan fingerprint density at radius 1 is 1.27 bits per heavy atom. The summed E-state index contributed by atoms with van der Waals surface area (Å²) in [5.41, 5.74) is -0.475. The molecule has 1 amide bonds. The smallest absolute Gasteiger partial charge is 0.407 e. The average Bonchev–Trinajstić information content (AvgIpc) is 2.43. The maximum atomic E-state index is 11.9. The van der Waals surface area contributed by atoms with Gasteiger partial charge in [0, 0.05) is 25.9 Å². The van der Waals surface area contributed by atoms with Crippen molar-refractivity contribution in [3.8, 4) is 0 Å². The molecule has 2 aliphatic rings. The first kappa shape index (κ1) is 17.5. The van der Waals surface area contributed by atoms with E-state index in [9.17, 15) is 4.79 Å². The molecule has 0 aromatic carbocycles. The average molecular weight is 314 g/mol. The van der Waals surface area contributed by atoms with Crippen molar-refractivity contribution in [3.05, 3.63) is 0 Å². The van der Waals surface area contributed by atoms with Crippen molar-refractivity contribution in [1.29, 1.82) is 0 Å². The molecular weight excluding hydrogens is 284 g/mol. The van der Waals surface area contributed by atoms with Crippen LogP contribution in [0.15, 0.2) is 0 Å². The second-order valence-electron chi connectivity index (χ2n) is 7.06. The van der Waals surface area contributed by atoms with E-state index in [2.05, 4.69) is 10.6 Å². The van der Waals surface area contributed by atoms with Crippen LogP contribution in [-0.2, 0) is 14.2 Å². The van der Waals surface area contributed by atoms with Gasteiger partial charge in [-0.3, -0.25) is 0 Å². The molecule has 22 heavy (non-hydrogen) atoms. The number of ether oxygens (including phenoxy) is 3. The van der Waals surface area contributed by atoms with Crippen molar-refractivity contribution in [2.45, 2.75) is 76.8 Å². The zero-order valence-corrected chi connectivity index (χ0v) is 14.2. The molecule has 3 atom stereocenters. The number of carbonyl (C=O) groups is 1. The maximum absolute atomic E-state index is 11.9. The Kier molecular flexibility index (Phi) is 6.06. The molecule has 0 aromatic heterocycles. The summed E-state index contributed by atoms with van der Waals surface area (Å²) in [4.78, 5) is 11.9. The van der Waals surface area contributed by atoms with E-state index >= 15 is 0 Å². The number of amides is 1. The number of carbonyl (C=O) groups excluding carboxylic acids is 1. The van der Waals surface area contributed by atoms with Crippen molar-refractivity contribution < 1.29 is 19.0 Å². The summed E-state index contributed by atoms with van der Waals surface area (Å²) in [5, 5.41) is 6.60. The standard InChI is InChI=1S/C16H30N2O4/c1-5-21-13-10-12(18-15(19)22-16(2,3)4)14(13)17-11-6-8-20-9-7-11/h11-14,17H,5-10H2,1-4H3,(H,18,19). The lowest BCUT2D eigenvalue weighted by Gasteiger charge is -2.46. The van der Waals surface area contributed by atoms with E-state index < -0.39 is 5.60 Å². The van der Waals surface area contributed by atoms with E-state index in [1.165, 1.54) is 0 Å². The summed E-state index contributed by atoms with van der Waals surface area (Å²) >= 11 is 0. The molecular formula is C16H30N2O4. The van der Waals surface area contributed by atoms with Crippen LogP contribution < -0.4 is 10.6 Å². The second-order valence-corrected chi connectivity index (χ2v) is 7.06. The van der Waals surface area contributed by atoms with Gasteiger partial charge in [-0.05, 0) is 47.0 Å². The molecule has 2 rings (SSSR count). The Hall–Kier alpha value is -0.850. The third-order valence-electron chi connectivity index (χ3n) is 4.05. The van der Waals surface area contributed by atoms with Crippen molar-refractivity contribution in [1.82, 2.24) is 10.6 Å². The van der Waals surface area contributed by atoms with E-state index in [1.54, 1.807) is 0 Å². The zero-order valence-electron chi connectivity index (χ0n) is 14.2. The molecule has 1 heterocycles. The van der Waals surface area contributed by atoms with E-state index in [0.717, 1.165) is 32.5 Å². The highest BCUT2D eigenvalue weighted by Crippen LogP contribution is 2.26. The third-order valence-corrected chi connectivity index (χ3v) is 4.05. The van der Waals surface area contributed by atoms with Gasteiger partial charge in [0.05, 0.1) is 18.2 Å². The highest BCUT2D eigenvalue weighted by atomic mass is 16.6. The lowest BCUT2D eigenvalue weighted by Crippen LogP contribution is -2.68. The molecule has 1 saturated heterocycles. The lowest BCUT2D eigenvalue weighted by atomic mass is 9.81. The molecule has 0 spiro atoms. The van der Waals surface area contributed by atoms with E-state index in [-0.39, 0.29) is 24.3 Å². The Bertz CT molecular complexity index is 364. The van der Waals surface area contributed by atoms with Gasteiger partial charge in [-0.2, -0.15) is 0 Å². The van der Waals surface area contributed by atoms with Crippen molar-refractivity contribution in [3.63, 3.8) is 0 Å². The topological polar surface area (TPSA) is 68.8 Å². The van der Waals surface area contributed by atoms with Crippen LogP contribution >= 0.6 is 0 Å². The van der Waals surface area contributed by atoms with Gasteiger partial charge in [0.15, 0.2) is 0 Å². The number of nitrogens with one attached hydrogen (secondary N) is 2. The zero-order chi connectivity index (χ0) is 16.2. The van der Waals surface area contributed by atoms with E-state index in [1.807, 2.05) is 27.7 Å². The van der Waals surface area contributed by atoms with Gasteiger partial charge < -0.3 is 24.8 Å². The SMILES string of the molecule is CCOC1CC(NC(=O)OC(C)(C)C)C1NC1CCOCC1. The quantitative estimate of drug-likeness (QED) is 0.810. The number of alkyl carbamates (subject to hydrolysis) is 1. The van der Waals surface area contributed by atoms with Gasteiger partial charge in [-0.1, -0.05) is 0 Å². The van der Waals surface area contributed by atoms with Gasteiger partial charge in [0.2, 0.25) is 0 Å². The molecule has 1 saturated carbocycles. The summed E-state index contributed by atoms with van der Waals surface area (Å²) in [5.74, 6) is 0. The fraction of sp³-hybridized carbons (Fsp3) is 0.938. The fourth-order valence-corrected chi connectivity index (χ4v) is 2.96. The molecule has 2 N–H and O–H groups in total. The molecule has 2 fully saturated rings. The van der Waals surface area contributed by atoms with Crippen LogP contribution in [0.2, 0.25) is 0 Å². The molecule has 0 radical (unpaired) electrons. The molecule has 3 unspecified atom stereocenters. The summed E-state index contributed by atoms with van der Waals surface area (Å²) in [6, 6.07) is 0.648. The normalized spacial score (nSPS) is 29.7. The Morgan fingerprint density at radius 2 is 1.95 bits per heavy atom. The van der Waals surface area contributed by atoms with Crippen LogP contribution in [0.3, 0.4) is 0 Å². The van der Waals surface area contributed by atoms with Crippen LogP contribution in [0.5, 0.6) is 0 Å². The molecule has 128 valence electrons. The van der Waals surface area contributed by atoms with Crippen LogP contribution in [0.25, 0.3) is 0 Å². The molecule has 0 aromatic rings. The highest BCUT2D eigenvalue weighted by Gasteiger charge is 2.44. The summed E-state index contributed by atoms with van der Waals surface area (Å²) in [6.45, 7) is 9.90. The van der Waals surface area contributed by atoms with Gasteiger partial charge in [0.25, 0.3) is 0 Å². The second kappa shape index (κ2) is 7.62. The van der Waals surface area contributed by atoms with Crippen LogP contribution in [0.1, 0.15) is 47.0 Å². The van der Waals surface area contributed by atoms with Crippen molar-refractivity contribution >= 4 is 6.09 Å². The first-order valence-electron chi connectivity index (χ1n) is 8.34. The predicted octanol–water partition coefficient (Wildman–Crippen LogP) is 1.83. The van der Waals surface area contributed by atoms with Gasteiger partial charge in [0.1, 0.15) is 5.60 Å². The minimum absolute atomic E-state index is 0.0641. The van der Waals surface area contributed by atoms with Crippen molar-refractivity contribution in [2.24, 2.45) is 0 Å². The third kappa shape index (κ3) is 5.11. The van der Waals surface area contributed by atoms with Crippen LogP contribution in [0.4, 0.5) is 4.79 Å². The van der Waals surface area contributed by atoms with Crippen molar-refractivity contribution in [2.75, 3.05) is 19.8 Å². The molecule has 0 bridgehead atoms. The minimum Gasteiger partial charge on any atom is -0.444 e. The summed E-state index contributed by atoms with van der Waals surface area (Å²) in [6.07, 6.45) is 2.65. The minimum atomic E-state index is -0.475. The first-order chi connectivity index (χ1) is 10.4. The first-order valence-corrected chi connectivity index (χ1v) is 8.34. The lowest BCUT2D eigenvalue weighted by molar-refractivity contribution is -0.0514. The van der Waals surface area contributed by atoms with Crippen LogP contribution in [-0.4, -0.2) is 55.7 Å². The Labute approximate surface area is 133 Å². The molecule has 6 heteroatoms. The number of hydrogen-bond donors (Lipinski definition) is 2. The van der Waals surface area contributed by atoms with Gasteiger partial charge in [-0.15, -0.1) is 0 Å². The molecule has 6 nitrogen and oxygen atoms in total. The predicted molar refractivity (Wildman–Crippen MR) is 84.0 cm³/mol. The number of rotatable bonds is 5.